The summed E-state index contributed by atoms with van der Waals surface area (Å²) in [6.45, 7) is 5.41. The molecule has 0 amide bonds. The van der Waals surface area contributed by atoms with Crippen LogP contribution in [0.1, 0.15) is 71.1 Å². The third-order valence-corrected chi connectivity index (χ3v) is 2.95. The lowest BCUT2D eigenvalue weighted by atomic mass is 10.1. The molecule has 0 atom stereocenters. The van der Waals surface area contributed by atoms with Gasteiger partial charge in [0.1, 0.15) is 0 Å². The molecule has 0 aromatic rings. The highest BCUT2D eigenvalue weighted by Crippen LogP contribution is 2.10. The number of hydrogen-bond donors (Lipinski definition) is 0. The molecule has 18 heavy (non-hydrogen) atoms. The van der Waals surface area contributed by atoms with E-state index in [0.717, 1.165) is 12.8 Å². The molecule has 0 N–H and O–H groups in total. The van der Waals surface area contributed by atoms with Crippen LogP contribution in [-0.2, 0) is 9.53 Å². The Labute approximate surface area is 111 Å². The second-order valence-electron chi connectivity index (χ2n) is 4.72. The van der Waals surface area contributed by atoms with Crippen molar-refractivity contribution in [1.82, 2.24) is 0 Å². The van der Waals surface area contributed by atoms with Gasteiger partial charge in [0.15, 0.2) is 0 Å². The fraction of sp³-hybridized carbons (Fsp3) is 0.800. The van der Waals surface area contributed by atoms with Crippen LogP contribution in [0, 0.1) is 0 Å². The van der Waals surface area contributed by atoms with Crippen LogP contribution in [0.4, 0.5) is 4.39 Å². The summed E-state index contributed by atoms with van der Waals surface area (Å²) >= 11 is 0. The smallest absolute Gasteiger partial charge is 0.366 e. The molecule has 0 unspecified atom stereocenters. The normalized spacial score (nSPS) is 10.3. The minimum absolute atomic E-state index is 0.304. The number of carbonyl (C=O) groups is 1. The van der Waals surface area contributed by atoms with Gasteiger partial charge in [0.25, 0.3) is 0 Å². The first-order chi connectivity index (χ1) is 8.68. The summed E-state index contributed by atoms with van der Waals surface area (Å²) in [5.74, 6) is -1.94. The SMILES string of the molecule is C=C(F)C(=O)OCCCCCCCCCCCC. The van der Waals surface area contributed by atoms with E-state index in [0.29, 0.717) is 6.61 Å². The van der Waals surface area contributed by atoms with Crippen LogP contribution in [0.25, 0.3) is 0 Å². The molecule has 3 heteroatoms. The fourth-order valence-electron chi connectivity index (χ4n) is 1.83. The molecule has 0 bridgehead atoms. The van der Waals surface area contributed by atoms with E-state index >= 15 is 0 Å². The highest BCUT2D eigenvalue weighted by molar-refractivity contribution is 5.85. The van der Waals surface area contributed by atoms with Crippen LogP contribution in [0.15, 0.2) is 12.4 Å². The monoisotopic (exact) mass is 258 g/mol. The Balaban J connectivity index is 3.07. The molecule has 0 fully saturated rings. The Morgan fingerprint density at radius 2 is 1.39 bits per heavy atom. The standard InChI is InChI=1S/C15H27FO2/c1-3-4-5-6-7-8-9-10-11-12-13-18-15(17)14(2)16/h2-13H2,1H3. The molecule has 0 aliphatic rings. The Morgan fingerprint density at radius 3 is 1.83 bits per heavy atom. The quantitative estimate of drug-likeness (QED) is 0.282. The molecule has 0 saturated heterocycles. The maximum atomic E-state index is 12.2. The zero-order valence-electron chi connectivity index (χ0n) is 11.7. The van der Waals surface area contributed by atoms with Gasteiger partial charge in [-0.05, 0) is 6.42 Å². The van der Waals surface area contributed by atoms with Gasteiger partial charge in [-0.25, -0.2) is 4.79 Å². The zero-order chi connectivity index (χ0) is 13.6. The number of hydrogen-bond acceptors (Lipinski definition) is 2. The van der Waals surface area contributed by atoms with E-state index in [4.69, 9.17) is 0 Å². The molecule has 0 aliphatic heterocycles. The highest BCUT2D eigenvalue weighted by atomic mass is 19.1. The molecular weight excluding hydrogens is 231 g/mol. The maximum absolute atomic E-state index is 12.2. The van der Waals surface area contributed by atoms with E-state index in [1.807, 2.05) is 0 Å². The lowest BCUT2D eigenvalue weighted by Crippen LogP contribution is -2.05. The van der Waals surface area contributed by atoms with Crippen molar-refractivity contribution in [1.29, 1.82) is 0 Å². The second kappa shape index (κ2) is 12.6. The third kappa shape index (κ3) is 11.6. The number of halogens is 1. The van der Waals surface area contributed by atoms with Gasteiger partial charge in [0.05, 0.1) is 6.61 Å². The summed E-state index contributed by atoms with van der Waals surface area (Å²) in [5.41, 5.74) is 0. The van der Waals surface area contributed by atoms with E-state index in [-0.39, 0.29) is 0 Å². The molecule has 2 nitrogen and oxygen atoms in total. The van der Waals surface area contributed by atoms with E-state index in [2.05, 4.69) is 18.2 Å². The average molecular weight is 258 g/mol. The fourth-order valence-corrected chi connectivity index (χ4v) is 1.83. The van der Waals surface area contributed by atoms with Crippen molar-refractivity contribution < 1.29 is 13.9 Å². The molecular formula is C15H27FO2. The molecule has 0 rings (SSSR count). The topological polar surface area (TPSA) is 26.3 Å². The molecule has 0 aromatic carbocycles. The zero-order valence-corrected chi connectivity index (χ0v) is 11.7. The van der Waals surface area contributed by atoms with Gasteiger partial charge in [-0.2, -0.15) is 4.39 Å². The predicted octanol–water partition coefficient (Wildman–Crippen LogP) is 4.93. The Hall–Kier alpha value is -0.860. The van der Waals surface area contributed by atoms with Crippen LogP contribution in [0.5, 0.6) is 0 Å². The molecule has 0 radical (unpaired) electrons. The second-order valence-corrected chi connectivity index (χ2v) is 4.72. The third-order valence-electron chi connectivity index (χ3n) is 2.95. The number of esters is 1. The van der Waals surface area contributed by atoms with E-state index in [9.17, 15) is 9.18 Å². The summed E-state index contributed by atoms with van der Waals surface area (Å²) < 4.78 is 16.9. The van der Waals surface area contributed by atoms with Crippen molar-refractivity contribution in [2.45, 2.75) is 71.1 Å². The Bertz CT molecular complexity index is 227. The average Bonchev–Trinajstić information content (AvgIpc) is 2.35. The van der Waals surface area contributed by atoms with E-state index in [1.54, 1.807) is 0 Å². The van der Waals surface area contributed by atoms with Gasteiger partial charge < -0.3 is 4.74 Å². The van der Waals surface area contributed by atoms with E-state index < -0.39 is 11.8 Å². The first-order valence-corrected chi connectivity index (χ1v) is 7.20. The number of carbonyl (C=O) groups excluding carboxylic acids is 1. The van der Waals surface area contributed by atoms with Crippen molar-refractivity contribution in [3.63, 3.8) is 0 Å². The molecule has 0 aromatic heterocycles. The van der Waals surface area contributed by atoms with Crippen molar-refractivity contribution >= 4 is 5.97 Å². The number of rotatable bonds is 12. The van der Waals surface area contributed by atoms with Crippen molar-refractivity contribution in [3.8, 4) is 0 Å². The first kappa shape index (κ1) is 17.1. The van der Waals surface area contributed by atoms with Gasteiger partial charge >= 0.3 is 5.97 Å². The summed E-state index contributed by atoms with van der Waals surface area (Å²) in [7, 11) is 0. The van der Waals surface area contributed by atoms with E-state index in [1.165, 1.54) is 51.4 Å². The van der Waals surface area contributed by atoms with Gasteiger partial charge in [0.2, 0.25) is 5.83 Å². The molecule has 106 valence electrons. The number of ether oxygens (including phenoxy) is 1. The van der Waals surface area contributed by atoms with Crippen LogP contribution < -0.4 is 0 Å². The predicted molar refractivity (Wildman–Crippen MR) is 73.1 cm³/mol. The summed E-state index contributed by atoms with van der Waals surface area (Å²) in [5, 5.41) is 0. The van der Waals surface area contributed by atoms with Crippen molar-refractivity contribution in [2.75, 3.05) is 6.61 Å². The van der Waals surface area contributed by atoms with Crippen molar-refractivity contribution in [3.05, 3.63) is 12.4 Å². The minimum Gasteiger partial charge on any atom is -0.460 e. The molecule has 0 aliphatic carbocycles. The van der Waals surface area contributed by atoms with Crippen LogP contribution in [-0.4, -0.2) is 12.6 Å². The molecule has 0 heterocycles. The lowest BCUT2D eigenvalue weighted by Gasteiger charge is -2.03. The first-order valence-electron chi connectivity index (χ1n) is 7.20. The van der Waals surface area contributed by atoms with Crippen LogP contribution in [0.3, 0.4) is 0 Å². The summed E-state index contributed by atoms with van der Waals surface area (Å²) in [4.78, 5) is 10.7. The van der Waals surface area contributed by atoms with Gasteiger partial charge in [0, 0.05) is 0 Å². The van der Waals surface area contributed by atoms with Crippen LogP contribution in [0.2, 0.25) is 0 Å². The van der Waals surface area contributed by atoms with Gasteiger partial charge in [-0.1, -0.05) is 71.3 Å². The van der Waals surface area contributed by atoms with Gasteiger partial charge in [-0.15, -0.1) is 0 Å². The van der Waals surface area contributed by atoms with Crippen LogP contribution >= 0.6 is 0 Å². The Morgan fingerprint density at radius 1 is 0.944 bits per heavy atom. The maximum Gasteiger partial charge on any atom is 0.366 e. The molecule has 0 spiro atoms. The summed E-state index contributed by atoms with van der Waals surface area (Å²) in [6.07, 6.45) is 12.3. The van der Waals surface area contributed by atoms with Gasteiger partial charge in [-0.3, -0.25) is 0 Å². The largest absolute Gasteiger partial charge is 0.460 e. The Kier molecular flexibility index (Phi) is 12.0. The number of unbranched alkanes of at least 4 members (excludes halogenated alkanes) is 9. The highest BCUT2D eigenvalue weighted by Gasteiger charge is 2.05. The minimum atomic E-state index is -1.01. The summed E-state index contributed by atoms with van der Waals surface area (Å²) in [6, 6.07) is 0. The van der Waals surface area contributed by atoms with Crippen molar-refractivity contribution in [2.24, 2.45) is 0 Å². The molecule has 0 saturated carbocycles. The lowest BCUT2D eigenvalue weighted by molar-refractivity contribution is -0.140.